The number of hydrogen-bond acceptors (Lipinski definition) is 1. The van der Waals surface area contributed by atoms with E-state index in [1.54, 1.807) is 4.90 Å². The van der Waals surface area contributed by atoms with Crippen molar-refractivity contribution in [2.45, 2.75) is 25.9 Å². The van der Waals surface area contributed by atoms with Crippen molar-refractivity contribution in [1.29, 1.82) is 0 Å². The number of carbonyl (C=O) groups is 1. The number of hydrogen-bond donors (Lipinski definition) is 1. The minimum absolute atomic E-state index is 0.00851. The zero-order chi connectivity index (χ0) is 15.0. The molecular weight excluding hydrogens is 260 g/mol. The number of benzene rings is 2. The van der Waals surface area contributed by atoms with Gasteiger partial charge in [-0.15, -0.1) is 0 Å². The minimum Gasteiger partial charge on any atom is -0.329 e. The van der Waals surface area contributed by atoms with Crippen molar-refractivity contribution >= 4 is 6.03 Å². The van der Waals surface area contributed by atoms with Crippen molar-refractivity contribution in [1.82, 2.24) is 10.2 Å². The van der Waals surface area contributed by atoms with Crippen LogP contribution in [0, 0.1) is 13.8 Å². The molecule has 0 saturated carbocycles. The standard InChI is InChI=1S/C18H20N2O/c1-12-4-8-14(9-5-12)16-17(20(3)18(21)19-16)15-10-6-13(2)7-11-15/h4-11,16-17H,1-3H3,(H,19,21). The fraction of sp³-hybridized carbons (Fsp3) is 0.278. The molecule has 0 spiro atoms. The summed E-state index contributed by atoms with van der Waals surface area (Å²) < 4.78 is 0. The summed E-state index contributed by atoms with van der Waals surface area (Å²) in [5, 5.41) is 3.09. The fourth-order valence-electron chi connectivity index (χ4n) is 2.88. The zero-order valence-electron chi connectivity index (χ0n) is 12.6. The molecule has 2 aromatic carbocycles. The third kappa shape index (κ3) is 2.51. The molecule has 21 heavy (non-hydrogen) atoms. The quantitative estimate of drug-likeness (QED) is 0.893. The van der Waals surface area contributed by atoms with E-state index in [0.717, 1.165) is 11.1 Å². The predicted octanol–water partition coefficient (Wildman–Crippen LogP) is 3.74. The Labute approximate surface area is 125 Å². The highest BCUT2D eigenvalue weighted by molar-refractivity contribution is 5.78. The number of carbonyl (C=O) groups excluding carboxylic acids is 1. The SMILES string of the molecule is Cc1ccc(C2NC(=O)N(C)C2c2ccc(C)cc2)cc1. The maximum atomic E-state index is 12.1. The number of urea groups is 1. The number of nitrogens with one attached hydrogen (secondary N) is 1. The highest BCUT2D eigenvalue weighted by Gasteiger charge is 2.38. The monoisotopic (exact) mass is 280 g/mol. The number of likely N-dealkylation sites (N-methyl/N-ethyl adjacent to an activating group) is 1. The molecule has 1 saturated heterocycles. The smallest absolute Gasteiger partial charge is 0.318 e. The van der Waals surface area contributed by atoms with Crippen molar-refractivity contribution in [3.63, 3.8) is 0 Å². The van der Waals surface area contributed by atoms with Crippen LogP contribution < -0.4 is 5.32 Å². The average Bonchev–Trinajstić information content (AvgIpc) is 2.77. The Balaban J connectivity index is 2.00. The molecule has 2 atom stereocenters. The van der Waals surface area contributed by atoms with Gasteiger partial charge in [0.1, 0.15) is 0 Å². The van der Waals surface area contributed by atoms with E-state index in [9.17, 15) is 4.79 Å². The van der Waals surface area contributed by atoms with Gasteiger partial charge in [0.15, 0.2) is 0 Å². The first-order chi connectivity index (χ1) is 10.1. The molecule has 2 amide bonds. The normalized spacial score (nSPS) is 21.5. The van der Waals surface area contributed by atoms with Gasteiger partial charge in [0.2, 0.25) is 0 Å². The largest absolute Gasteiger partial charge is 0.329 e. The molecule has 108 valence electrons. The van der Waals surface area contributed by atoms with Gasteiger partial charge in [-0.3, -0.25) is 0 Å². The van der Waals surface area contributed by atoms with Crippen LogP contribution in [-0.4, -0.2) is 18.0 Å². The van der Waals surface area contributed by atoms with Gasteiger partial charge in [-0.25, -0.2) is 4.79 Å². The topological polar surface area (TPSA) is 32.3 Å². The van der Waals surface area contributed by atoms with E-state index in [1.165, 1.54) is 11.1 Å². The van der Waals surface area contributed by atoms with Crippen molar-refractivity contribution < 1.29 is 4.79 Å². The van der Waals surface area contributed by atoms with Crippen molar-refractivity contribution in [3.05, 3.63) is 70.8 Å². The van der Waals surface area contributed by atoms with Crippen LogP contribution in [-0.2, 0) is 0 Å². The lowest BCUT2D eigenvalue weighted by Gasteiger charge is -2.24. The van der Waals surface area contributed by atoms with Crippen LogP contribution in [0.3, 0.4) is 0 Å². The van der Waals surface area contributed by atoms with Crippen LogP contribution in [0.25, 0.3) is 0 Å². The second-order valence-corrected chi connectivity index (χ2v) is 5.80. The maximum Gasteiger partial charge on any atom is 0.318 e. The van der Waals surface area contributed by atoms with Crippen LogP contribution in [0.1, 0.15) is 34.3 Å². The Kier molecular flexibility index (Phi) is 3.42. The average molecular weight is 280 g/mol. The Morgan fingerprint density at radius 1 is 0.857 bits per heavy atom. The predicted molar refractivity (Wildman–Crippen MR) is 84.1 cm³/mol. The van der Waals surface area contributed by atoms with Crippen LogP contribution in [0.5, 0.6) is 0 Å². The Bertz CT molecular complexity index is 646. The van der Waals surface area contributed by atoms with Crippen LogP contribution >= 0.6 is 0 Å². The molecule has 2 unspecified atom stereocenters. The molecule has 0 aromatic heterocycles. The summed E-state index contributed by atoms with van der Waals surface area (Å²) in [5.74, 6) is 0. The maximum absolute atomic E-state index is 12.1. The lowest BCUT2D eigenvalue weighted by Crippen LogP contribution is -2.25. The zero-order valence-corrected chi connectivity index (χ0v) is 12.6. The third-order valence-electron chi connectivity index (χ3n) is 4.19. The first-order valence-electron chi connectivity index (χ1n) is 7.23. The molecule has 1 heterocycles. The number of aryl methyl sites for hydroxylation is 2. The summed E-state index contributed by atoms with van der Waals surface area (Å²) >= 11 is 0. The van der Waals surface area contributed by atoms with Gasteiger partial charge in [-0.1, -0.05) is 59.7 Å². The lowest BCUT2D eigenvalue weighted by atomic mass is 9.93. The summed E-state index contributed by atoms with van der Waals surface area (Å²) in [6.45, 7) is 4.14. The summed E-state index contributed by atoms with van der Waals surface area (Å²) in [6, 6.07) is 16.8. The Morgan fingerprint density at radius 2 is 1.33 bits per heavy atom. The summed E-state index contributed by atoms with van der Waals surface area (Å²) in [7, 11) is 1.86. The molecule has 3 rings (SSSR count). The Hall–Kier alpha value is -2.29. The van der Waals surface area contributed by atoms with E-state index in [4.69, 9.17) is 0 Å². The second kappa shape index (κ2) is 5.24. The molecule has 2 aromatic rings. The number of amides is 2. The van der Waals surface area contributed by atoms with Crippen molar-refractivity contribution in [2.75, 3.05) is 7.05 Å². The van der Waals surface area contributed by atoms with E-state index in [0.29, 0.717) is 0 Å². The fourth-order valence-corrected chi connectivity index (χ4v) is 2.88. The molecule has 3 nitrogen and oxygen atoms in total. The van der Waals surface area contributed by atoms with E-state index < -0.39 is 0 Å². The highest BCUT2D eigenvalue weighted by Crippen LogP contribution is 2.37. The van der Waals surface area contributed by atoms with Gasteiger partial charge in [0.25, 0.3) is 0 Å². The summed E-state index contributed by atoms with van der Waals surface area (Å²) in [6.07, 6.45) is 0. The molecule has 1 fully saturated rings. The van der Waals surface area contributed by atoms with E-state index in [-0.39, 0.29) is 18.1 Å². The molecule has 3 heteroatoms. The third-order valence-corrected chi connectivity index (χ3v) is 4.19. The van der Waals surface area contributed by atoms with E-state index in [2.05, 4.69) is 67.7 Å². The molecule has 1 N–H and O–H groups in total. The highest BCUT2D eigenvalue weighted by atomic mass is 16.2. The summed E-state index contributed by atoms with van der Waals surface area (Å²) in [4.78, 5) is 13.9. The van der Waals surface area contributed by atoms with E-state index in [1.807, 2.05) is 7.05 Å². The molecule has 0 bridgehead atoms. The lowest BCUT2D eigenvalue weighted by molar-refractivity contribution is 0.216. The van der Waals surface area contributed by atoms with Gasteiger partial charge in [0, 0.05) is 7.05 Å². The minimum atomic E-state index is -0.0221. The van der Waals surface area contributed by atoms with Crippen LogP contribution in [0.4, 0.5) is 4.79 Å². The number of rotatable bonds is 2. The molecular formula is C18H20N2O. The molecule has 0 radical (unpaired) electrons. The molecule has 0 aliphatic carbocycles. The number of nitrogens with zero attached hydrogens (tertiary/aromatic N) is 1. The van der Waals surface area contributed by atoms with Crippen LogP contribution in [0.2, 0.25) is 0 Å². The van der Waals surface area contributed by atoms with Crippen molar-refractivity contribution in [3.8, 4) is 0 Å². The summed E-state index contributed by atoms with van der Waals surface area (Å²) in [5.41, 5.74) is 4.75. The van der Waals surface area contributed by atoms with Gasteiger partial charge >= 0.3 is 6.03 Å². The van der Waals surface area contributed by atoms with Crippen LogP contribution in [0.15, 0.2) is 48.5 Å². The first-order valence-corrected chi connectivity index (χ1v) is 7.23. The molecule has 1 aliphatic heterocycles. The van der Waals surface area contributed by atoms with Gasteiger partial charge in [-0.2, -0.15) is 0 Å². The van der Waals surface area contributed by atoms with Gasteiger partial charge in [0.05, 0.1) is 12.1 Å². The van der Waals surface area contributed by atoms with E-state index >= 15 is 0 Å². The Morgan fingerprint density at radius 3 is 1.86 bits per heavy atom. The molecule has 1 aliphatic rings. The first kappa shape index (κ1) is 13.7. The van der Waals surface area contributed by atoms with Gasteiger partial charge in [-0.05, 0) is 25.0 Å². The second-order valence-electron chi connectivity index (χ2n) is 5.80. The van der Waals surface area contributed by atoms with Crippen molar-refractivity contribution in [2.24, 2.45) is 0 Å². The van der Waals surface area contributed by atoms with Gasteiger partial charge < -0.3 is 10.2 Å².